The number of amides is 2. The second-order valence-electron chi connectivity index (χ2n) is 7.81. The van der Waals surface area contributed by atoms with E-state index in [2.05, 4.69) is 0 Å². The fourth-order valence-electron chi connectivity index (χ4n) is 3.24. The Hall–Kier alpha value is -1.92. The second-order valence-corrected chi connectivity index (χ2v) is 7.81. The van der Waals surface area contributed by atoms with Crippen LogP contribution in [0.25, 0.3) is 0 Å². The number of rotatable bonds is 9. The number of hydrogen-bond acceptors (Lipinski definition) is 4. The van der Waals surface area contributed by atoms with Crippen LogP contribution >= 0.6 is 0 Å². The van der Waals surface area contributed by atoms with Crippen molar-refractivity contribution < 1.29 is 19.3 Å². The van der Waals surface area contributed by atoms with Gasteiger partial charge in [-0.1, -0.05) is 30.3 Å². The molecule has 0 aromatic heterocycles. The molecule has 0 saturated heterocycles. The topological polar surface area (TPSA) is 59.1 Å². The number of hydrogen-bond donors (Lipinski definition) is 0. The minimum Gasteiger partial charge on any atom is -0.276 e. The summed E-state index contributed by atoms with van der Waals surface area (Å²) in [5, 5.41) is 2.85. The Bertz CT molecular complexity index is 551. The van der Waals surface area contributed by atoms with Crippen molar-refractivity contribution in [1.29, 1.82) is 0 Å². The van der Waals surface area contributed by atoms with Gasteiger partial charge in [-0.15, -0.1) is 0 Å². The molecule has 1 aromatic rings. The minimum atomic E-state index is -0.391. The molecular weight excluding hydrogens is 332 g/mol. The lowest BCUT2D eigenvalue weighted by molar-refractivity contribution is -0.222. The van der Waals surface area contributed by atoms with Gasteiger partial charge in [-0.05, 0) is 57.9 Å². The summed E-state index contributed by atoms with van der Waals surface area (Å²) in [7, 11) is 0. The molecular formula is C20H30N2O4. The molecule has 2 rings (SSSR count). The average Bonchev–Trinajstić information content (AvgIpc) is 2.62. The SMILES string of the molecule is CC(C)(C)ON(C=O)CC1CCC(N(C=O)OCc2ccccc2)CC1. The lowest BCUT2D eigenvalue weighted by Gasteiger charge is -2.36. The van der Waals surface area contributed by atoms with Crippen molar-refractivity contribution in [1.82, 2.24) is 10.1 Å². The van der Waals surface area contributed by atoms with Crippen LogP contribution in [0.1, 0.15) is 52.0 Å². The molecule has 1 aromatic carbocycles. The molecule has 2 amide bonds. The first-order chi connectivity index (χ1) is 12.4. The van der Waals surface area contributed by atoms with E-state index in [1.807, 2.05) is 51.1 Å². The van der Waals surface area contributed by atoms with E-state index in [1.165, 1.54) is 10.1 Å². The third-order valence-corrected chi connectivity index (χ3v) is 4.45. The summed E-state index contributed by atoms with van der Waals surface area (Å²) in [6, 6.07) is 9.89. The Balaban J connectivity index is 1.78. The van der Waals surface area contributed by atoms with E-state index in [0.717, 1.165) is 44.1 Å². The zero-order chi connectivity index (χ0) is 19.0. The van der Waals surface area contributed by atoms with Crippen LogP contribution in [-0.4, -0.2) is 41.1 Å². The van der Waals surface area contributed by atoms with Crippen molar-refractivity contribution in [3.05, 3.63) is 35.9 Å². The molecule has 0 atom stereocenters. The van der Waals surface area contributed by atoms with Crippen LogP contribution in [0, 0.1) is 5.92 Å². The molecule has 1 fully saturated rings. The molecule has 6 nitrogen and oxygen atoms in total. The molecule has 0 heterocycles. The zero-order valence-corrected chi connectivity index (χ0v) is 16.0. The highest BCUT2D eigenvalue weighted by atomic mass is 16.7. The van der Waals surface area contributed by atoms with Gasteiger partial charge in [-0.25, -0.2) is 10.1 Å². The maximum absolute atomic E-state index is 11.4. The highest BCUT2D eigenvalue weighted by molar-refractivity contribution is 5.46. The van der Waals surface area contributed by atoms with Gasteiger partial charge in [0.1, 0.15) is 6.61 Å². The molecule has 0 bridgehead atoms. The maximum atomic E-state index is 11.4. The van der Waals surface area contributed by atoms with Crippen molar-refractivity contribution in [2.24, 2.45) is 5.92 Å². The van der Waals surface area contributed by atoms with E-state index >= 15 is 0 Å². The number of carbonyl (C=O) groups is 2. The van der Waals surface area contributed by atoms with Crippen LogP contribution in [0.15, 0.2) is 30.3 Å². The van der Waals surface area contributed by atoms with Crippen LogP contribution in [0.2, 0.25) is 0 Å². The van der Waals surface area contributed by atoms with Crippen molar-refractivity contribution in [2.75, 3.05) is 6.54 Å². The van der Waals surface area contributed by atoms with E-state index in [1.54, 1.807) is 0 Å². The molecule has 0 aliphatic heterocycles. The van der Waals surface area contributed by atoms with Gasteiger partial charge in [0.15, 0.2) is 0 Å². The molecule has 0 unspecified atom stereocenters. The Morgan fingerprint density at radius 3 is 2.23 bits per heavy atom. The van der Waals surface area contributed by atoms with E-state index in [9.17, 15) is 9.59 Å². The third kappa shape index (κ3) is 6.77. The summed E-state index contributed by atoms with van der Waals surface area (Å²) >= 11 is 0. The van der Waals surface area contributed by atoms with Crippen LogP contribution in [0.4, 0.5) is 0 Å². The van der Waals surface area contributed by atoms with Crippen molar-refractivity contribution in [3.63, 3.8) is 0 Å². The van der Waals surface area contributed by atoms with Crippen LogP contribution in [0.5, 0.6) is 0 Å². The fourth-order valence-corrected chi connectivity index (χ4v) is 3.24. The first-order valence-corrected chi connectivity index (χ1v) is 9.23. The summed E-state index contributed by atoms with van der Waals surface area (Å²) in [4.78, 5) is 34.0. The highest BCUT2D eigenvalue weighted by Gasteiger charge is 2.28. The molecule has 1 saturated carbocycles. The normalized spacial score (nSPS) is 20.4. The number of hydroxylamine groups is 4. The lowest BCUT2D eigenvalue weighted by atomic mass is 9.86. The largest absolute Gasteiger partial charge is 0.276 e. The minimum absolute atomic E-state index is 0.0840. The van der Waals surface area contributed by atoms with Gasteiger partial charge < -0.3 is 0 Å². The second kappa shape index (κ2) is 9.69. The summed E-state index contributed by atoms with van der Waals surface area (Å²) in [6.07, 6.45) is 5.11. The molecule has 1 aliphatic carbocycles. The fraction of sp³-hybridized carbons (Fsp3) is 0.600. The Morgan fingerprint density at radius 2 is 1.69 bits per heavy atom. The Morgan fingerprint density at radius 1 is 1.04 bits per heavy atom. The summed E-state index contributed by atoms with van der Waals surface area (Å²) in [6.45, 7) is 6.74. The summed E-state index contributed by atoms with van der Waals surface area (Å²) < 4.78 is 0. The predicted octanol–water partition coefficient (Wildman–Crippen LogP) is 3.32. The first kappa shape index (κ1) is 20.4. The van der Waals surface area contributed by atoms with Gasteiger partial charge in [0, 0.05) is 0 Å². The van der Waals surface area contributed by atoms with Gasteiger partial charge in [0.25, 0.3) is 0 Å². The number of carbonyl (C=O) groups excluding carboxylic acids is 2. The number of nitrogens with zero attached hydrogens (tertiary/aromatic N) is 2. The molecule has 26 heavy (non-hydrogen) atoms. The molecule has 144 valence electrons. The van der Waals surface area contributed by atoms with E-state index in [-0.39, 0.29) is 6.04 Å². The standard InChI is InChI=1S/C20H30N2O4/c1-20(2,3)26-21(15-23)13-17-9-11-19(12-10-17)22(16-24)25-14-18-7-5-4-6-8-18/h4-8,15-17,19H,9-14H2,1-3H3. The van der Waals surface area contributed by atoms with E-state index in [0.29, 0.717) is 19.1 Å². The summed E-state index contributed by atoms with van der Waals surface area (Å²) in [5.41, 5.74) is 0.645. The quantitative estimate of drug-likeness (QED) is 0.499. The lowest BCUT2D eigenvalue weighted by Crippen LogP contribution is -2.40. The average molecular weight is 362 g/mol. The molecule has 0 radical (unpaired) electrons. The van der Waals surface area contributed by atoms with Gasteiger partial charge in [-0.3, -0.25) is 19.3 Å². The molecule has 0 spiro atoms. The van der Waals surface area contributed by atoms with Gasteiger partial charge in [0.05, 0.1) is 18.2 Å². The summed E-state index contributed by atoms with van der Waals surface area (Å²) in [5.74, 6) is 0.376. The highest BCUT2D eigenvalue weighted by Crippen LogP contribution is 2.28. The van der Waals surface area contributed by atoms with Gasteiger partial charge >= 0.3 is 0 Å². The van der Waals surface area contributed by atoms with Crippen LogP contribution in [-0.2, 0) is 25.9 Å². The Labute approximate surface area is 156 Å². The van der Waals surface area contributed by atoms with Crippen molar-refractivity contribution in [2.45, 2.75) is 64.7 Å². The molecule has 6 heteroatoms. The van der Waals surface area contributed by atoms with Crippen molar-refractivity contribution in [3.8, 4) is 0 Å². The van der Waals surface area contributed by atoms with E-state index < -0.39 is 5.60 Å². The van der Waals surface area contributed by atoms with Gasteiger partial charge in [0.2, 0.25) is 12.8 Å². The number of benzene rings is 1. The monoisotopic (exact) mass is 362 g/mol. The van der Waals surface area contributed by atoms with Crippen LogP contribution < -0.4 is 0 Å². The van der Waals surface area contributed by atoms with Crippen LogP contribution in [0.3, 0.4) is 0 Å². The Kier molecular flexibility index (Phi) is 7.60. The van der Waals surface area contributed by atoms with Crippen molar-refractivity contribution >= 4 is 12.8 Å². The van der Waals surface area contributed by atoms with Gasteiger partial charge in [-0.2, -0.15) is 0 Å². The first-order valence-electron chi connectivity index (χ1n) is 9.23. The third-order valence-electron chi connectivity index (χ3n) is 4.45. The molecule has 1 aliphatic rings. The zero-order valence-electron chi connectivity index (χ0n) is 16.0. The smallest absolute Gasteiger partial charge is 0.233 e. The predicted molar refractivity (Wildman–Crippen MR) is 98.5 cm³/mol. The maximum Gasteiger partial charge on any atom is 0.233 e. The van der Waals surface area contributed by atoms with E-state index in [4.69, 9.17) is 9.68 Å². The molecule has 0 N–H and O–H groups in total.